The summed E-state index contributed by atoms with van der Waals surface area (Å²) in [6.07, 6.45) is 2.67. The molecule has 1 fully saturated rings. The van der Waals surface area contributed by atoms with Crippen molar-refractivity contribution < 1.29 is 19.3 Å². The predicted molar refractivity (Wildman–Crippen MR) is 60.3 cm³/mol. The Morgan fingerprint density at radius 3 is 2.69 bits per heavy atom. The third-order valence-electron chi connectivity index (χ3n) is 2.93. The monoisotopic (exact) mass is 233 g/mol. The zero-order valence-corrected chi connectivity index (χ0v) is 9.98. The first-order chi connectivity index (χ1) is 7.70. The van der Waals surface area contributed by atoms with Crippen molar-refractivity contribution in [1.82, 2.24) is 0 Å². The summed E-state index contributed by atoms with van der Waals surface area (Å²) in [7, 11) is 1.65. The highest BCUT2D eigenvalue weighted by atomic mass is 16.5. The minimum Gasteiger partial charge on any atom is -0.394 e. The summed E-state index contributed by atoms with van der Waals surface area (Å²) in [5, 5.41) is 9.09. The van der Waals surface area contributed by atoms with E-state index in [1.54, 1.807) is 7.11 Å². The highest BCUT2D eigenvalue weighted by Crippen LogP contribution is 2.29. The summed E-state index contributed by atoms with van der Waals surface area (Å²) >= 11 is 0. The van der Waals surface area contributed by atoms with E-state index < -0.39 is 5.54 Å². The quantitative estimate of drug-likeness (QED) is 0.573. The molecule has 0 aromatic carbocycles. The molecule has 1 saturated carbocycles. The van der Waals surface area contributed by atoms with Crippen molar-refractivity contribution in [3.63, 3.8) is 0 Å². The van der Waals surface area contributed by atoms with Crippen LogP contribution in [0, 0.1) is 0 Å². The molecule has 0 heterocycles. The van der Waals surface area contributed by atoms with E-state index >= 15 is 0 Å². The molecule has 5 nitrogen and oxygen atoms in total. The van der Waals surface area contributed by atoms with Gasteiger partial charge in [-0.15, -0.1) is 0 Å². The Hall–Kier alpha value is -0.200. The lowest BCUT2D eigenvalue weighted by Crippen LogP contribution is -2.41. The van der Waals surface area contributed by atoms with Crippen LogP contribution >= 0.6 is 0 Å². The molecule has 0 aromatic rings. The van der Waals surface area contributed by atoms with Gasteiger partial charge in [0.25, 0.3) is 0 Å². The van der Waals surface area contributed by atoms with Crippen LogP contribution < -0.4 is 5.73 Å². The minimum absolute atomic E-state index is 0.0389. The SMILES string of the molecule is COCCOCCOC1CCC(N)(CO)C1. The first kappa shape index (κ1) is 13.9. The van der Waals surface area contributed by atoms with E-state index in [4.69, 9.17) is 25.1 Å². The van der Waals surface area contributed by atoms with E-state index in [2.05, 4.69) is 0 Å². The van der Waals surface area contributed by atoms with Crippen LogP contribution in [0.5, 0.6) is 0 Å². The second kappa shape index (κ2) is 7.19. The largest absolute Gasteiger partial charge is 0.394 e. The smallest absolute Gasteiger partial charge is 0.0704 e. The molecule has 1 aliphatic carbocycles. The molecule has 0 amide bonds. The van der Waals surface area contributed by atoms with E-state index in [1.807, 2.05) is 0 Å². The molecule has 5 heteroatoms. The lowest BCUT2D eigenvalue weighted by Gasteiger charge is -2.20. The third kappa shape index (κ3) is 4.76. The molecule has 1 rings (SSSR count). The molecule has 2 unspecified atom stereocenters. The second-order valence-electron chi connectivity index (χ2n) is 4.36. The average molecular weight is 233 g/mol. The molecule has 0 aromatic heterocycles. The summed E-state index contributed by atoms with van der Waals surface area (Å²) in [6, 6.07) is 0. The van der Waals surface area contributed by atoms with E-state index in [-0.39, 0.29) is 12.7 Å². The molecule has 1 aliphatic rings. The van der Waals surface area contributed by atoms with E-state index in [9.17, 15) is 0 Å². The maximum absolute atomic E-state index is 9.09. The normalized spacial score (nSPS) is 29.8. The van der Waals surface area contributed by atoms with Gasteiger partial charge in [0.15, 0.2) is 0 Å². The van der Waals surface area contributed by atoms with Crippen molar-refractivity contribution >= 4 is 0 Å². The van der Waals surface area contributed by atoms with Crippen LogP contribution in [0.3, 0.4) is 0 Å². The molecular weight excluding hydrogens is 210 g/mol. The summed E-state index contributed by atoms with van der Waals surface area (Å²) in [5.74, 6) is 0. The number of hydrogen-bond acceptors (Lipinski definition) is 5. The summed E-state index contributed by atoms with van der Waals surface area (Å²) in [5.41, 5.74) is 5.51. The molecule has 16 heavy (non-hydrogen) atoms. The topological polar surface area (TPSA) is 73.9 Å². The van der Waals surface area contributed by atoms with Crippen molar-refractivity contribution in [2.75, 3.05) is 40.1 Å². The van der Waals surface area contributed by atoms with Crippen LogP contribution in [-0.2, 0) is 14.2 Å². The van der Waals surface area contributed by atoms with Crippen molar-refractivity contribution in [3.8, 4) is 0 Å². The van der Waals surface area contributed by atoms with Crippen LogP contribution in [0.2, 0.25) is 0 Å². The Morgan fingerprint density at radius 2 is 2.06 bits per heavy atom. The van der Waals surface area contributed by atoms with E-state index in [0.717, 1.165) is 19.3 Å². The third-order valence-corrected chi connectivity index (χ3v) is 2.93. The fourth-order valence-electron chi connectivity index (χ4n) is 1.91. The van der Waals surface area contributed by atoms with Crippen molar-refractivity contribution in [2.24, 2.45) is 5.73 Å². The Labute approximate surface area is 96.9 Å². The Kier molecular flexibility index (Phi) is 6.23. The van der Waals surface area contributed by atoms with Crippen molar-refractivity contribution in [2.45, 2.75) is 30.9 Å². The summed E-state index contributed by atoms with van der Waals surface area (Å²) < 4.78 is 15.8. The molecule has 0 saturated heterocycles. The van der Waals surface area contributed by atoms with Gasteiger partial charge in [-0.3, -0.25) is 0 Å². The maximum Gasteiger partial charge on any atom is 0.0704 e. The van der Waals surface area contributed by atoms with Gasteiger partial charge in [0.05, 0.1) is 39.1 Å². The molecule has 3 N–H and O–H groups in total. The van der Waals surface area contributed by atoms with Crippen LogP contribution in [0.25, 0.3) is 0 Å². The lowest BCUT2D eigenvalue weighted by molar-refractivity contribution is -0.00658. The highest BCUT2D eigenvalue weighted by molar-refractivity contribution is 4.93. The van der Waals surface area contributed by atoms with Crippen LogP contribution in [0.1, 0.15) is 19.3 Å². The molecule has 2 atom stereocenters. The number of rotatable bonds is 8. The first-order valence-electron chi connectivity index (χ1n) is 5.78. The predicted octanol–water partition coefficient (Wildman–Crippen LogP) is -0.0917. The van der Waals surface area contributed by atoms with E-state index in [1.165, 1.54) is 0 Å². The fraction of sp³-hybridized carbons (Fsp3) is 1.00. The van der Waals surface area contributed by atoms with Gasteiger partial charge in [-0.25, -0.2) is 0 Å². The molecule has 0 spiro atoms. The first-order valence-corrected chi connectivity index (χ1v) is 5.78. The zero-order chi connectivity index (χ0) is 11.9. The molecular formula is C11H23NO4. The average Bonchev–Trinajstić information content (AvgIpc) is 2.66. The number of nitrogens with two attached hydrogens (primary N) is 1. The van der Waals surface area contributed by atoms with Gasteiger partial charge in [-0.1, -0.05) is 0 Å². The van der Waals surface area contributed by atoms with Gasteiger partial charge in [-0.2, -0.15) is 0 Å². The molecule has 0 aliphatic heterocycles. The van der Waals surface area contributed by atoms with Gasteiger partial charge in [0.1, 0.15) is 0 Å². The van der Waals surface area contributed by atoms with Crippen molar-refractivity contribution in [1.29, 1.82) is 0 Å². The highest BCUT2D eigenvalue weighted by Gasteiger charge is 2.35. The lowest BCUT2D eigenvalue weighted by atomic mass is 10.0. The van der Waals surface area contributed by atoms with Gasteiger partial charge >= 0.3 is 0 Å². The number of aliphatic hydroxyl groups excluding tert-OH is 1. The number of ether oxygens (including phenoxy) is 3. The zero-order valence-electron chi connectivity index (χ0n) is 9.98. The van der Waals surface area contributed by atoms with Gasteiger partial charge in [0.2, 0.25) is 0 Å². The standard InChI is InChI=1S/C11H23NO4/c1-14-4-5-15-6-7-16-10-2-3-11(12,8-10)9-13/h10,13H,2-9,12H2,1H3. The maximum atomic E-state index is 9.09. The Bertz CT molecular complexity index is 191. The number of methoxy groups -OCH3 is 1. The Morgan fingerprint density at radius 1 is 1.31 bits per heavy atom. The van der Waals surface area contributed by atoms with Crippen molar-refractivity contribution in [3.05, 3.63) is 0 Å². The number of hydrogen-bond donors (Lipinski definition) is 2. The van der Waals surface area contributed by atoms with E-state index in [0.29, 0.717) is 26.4 Å². The minimum atomic E-state index is -0.429. The van der Waals surface area contributed by atoms with Gasteiger partial charge < -0.3 is 25.1 Å². The fourth-order valence-corrected chi connectivity index (χ4v) is 1.91. The second-order valence-corrected chi connectivity index (χ2v) is 4.36. The van der Waals surface area contributed by atoms with Gasteiger partial charge in [-0.05, 0) is 19.3 Å². The van der Waals surface area contributed by atoms with Crippen LogP contribution in [0.4, 0.5) is 0 Å². The van der Waals surface area contributed by atoms with Crippen LogP contribution in [0.15, 0.2) is 0 Å². The van der Waals surface area contributed by atoms with Gasteiger partial charge in [0, 0.05) is 12.6 Å². The summed E-state index contributed by atoms with van der Waals surface area (Å²) in [6.45, 7) is 2.41. The molecule has 0 radical (unpaired) electrons. The van der Waals surface area contributed by atoms with Crippen LogP contribution in [-0.4, -0.2) is 56.9 Å². The summed E-state index contributed by atoms with van der Waals surface area (Å²) in [4.78, 5) is 0. The molecule has 96 valence electrons. The number of aliphatic hydroxyl groups is 1. The Balaban J connectivity index is 1.98. The molecule has 0 bridgehead atoms.